The Balaban J connectivity index is 1.54. The van der Waals surface area contributed by atoms with Crippen molar-refractivity contribution in [3.8, 4) is 0 Å². The first-order chi connectivity index (χ1) is 14.1. The van der Waals surface area contributed by atoms with Crippen molar-refractivity contribution in [2.75, 3.05) is 34.7 Å². The zero-order valence-corrected chi connectivity index (χ0v) is 17.4. The quantitative estimate of drug-likeness (QED) is 0.443. The Bertz CT molecular complexity index is 942. The normalized spacial score (nSPS) is 15.0. The summed E-state index contributed by atoms with van der Waals surface area (Å²) in [5.41, 5.74) is 10.1. The van der Waals surface area contributed by atoms with Crippen molar-refractivity contribution >= 4 is 45.4 Å². The molecular formula is C20H25N5O3S. The lowest BCUT2D eigenvalue weighted by molar-refractivity contribution is 0.0527. The Morgan fingerprint density at radius 3 is 2.86 bits per heavy atom. The van der Waals surface area contributed by atoms with Crippen LogP contribution in [0.1, 0.15) is 47.0 Å². The molecule has 0 fully saturated rings. The second kappa shape index (κ2) is 8.30. The molecule has 4 rings (SSSR count). The van der Waals surface area contributed by atoms with E-state index in [-0.39, 0.29) is 12.0 Å². The van der Waals surface area contributed by atoms with E-state index < -0.39 is 0 Å². The van der Waals surface area contributed by atoms with E-state index in [2.05, 4.69) is 21.6 Å². The summed E-state index contributed by atoms with van der Waals surface area (Å²) < 4.78 is 5.27. The molecule has 1 aromatic heterocycles. The van der Waals surface area contributed by atoms with Gasteiger partial charge in [-0.05, 0) is 56.4 Å². The summed E-state index contributed by atoms with van der Waals surface area (Å²) in [6.07, 6.45) is 5.09. The van der Waals surface area contributed by atoms with E-state index in [1.165, 1.54) is 16.2 Å². The number of amides is 2. The highest BCUT2D eigenvalue weighted by molar-refractivity contribution is 7.17. The van der Waals surface area contributed by atoms with Gasteiger partial charge in [0, 0.05) is 17.6 Å². The molecule has 2 aromatic rings. The Labute approximate surface area is 173 Å². The molecular weight excluding hydrogens is 390 g/mol. The number of carbonyl (C=O) groups is 2. The lowest BCUT2D eigenvalue weighted by atomic mass is 10.1. The molecule has 2 heterocycles. The number of rotatable bonds is 4. The average Bonchev–Trinajstić information content (AvgIpc) is 3.13. The van der Waals surface area contributed by atoms with E-state index in [4.69, 9.17) is 4.74 Å². The van der Waals surface area contributed by atoms with Crippen molar-refractivity contribution in [3.05, 3.63) is 34.2 Å². The Morgan fingerprint density at radius 2 is 2.03 bits per heavy atom. The number of esters is 1. The molecule has 0 saturated heterocycles. The number of ether oxygens (including phenoxy) is 1. The van der Waals surface area contributed by atoms with E-state index in [1.54, 1.807) is 6.92 Å². The van der Waals surface area contributed by atoms with Gasteiger partial charge >= 0.3 is 12.0 Å². The predicted molar refractivity (Wildman–Crippen MR) is 116 cm³/mol. The first kappa shape index (κ1) is 19.5. The smallest absolute Gasteiger partial charge is 0.341 e. The third-order valence-corrected chi connectivity index (χ3v) is 6.31. The average molecular weight is 416 g/mol. The number of fused-ring (bicyclic) bond motifs is 2. The highest BCUT2D eigenvalue weighted by atomic mass is 32.1. The van der Waals surface area contributed by atoms with E-state index in [9.17, 15) is 9.59 Å². The predicted octanol–water partition coefficient (Wildman–Crippen LogP) is 4.12. The second-order valence-electron chi connectivity index (χ2n) is 7.10. The van der Waals surface area contributed by atoms with Crippen LogP contribution < -0.4 is 26.6 Å². The number of hydrazine groups is 2. The first-order valence-corrected chi connectivity index (χ1v) is 10.7. The monoisotopic (exact) mass is 415 g/mol. The fraction of sp³-hybridized carbons (Fsp3) is 0.400. The topological polar surface area (TPSA) is 94.7 Å². The highest BCUT2D eigenvalue weighted by Crippen LogP contribution is 2.38. The minimum atomic E-state index is -0.383. The molecule has 8 nitrogen and oxygen atoms in total. The number of nitrogens with one attached hydrogen (secondary N) is 4. The number of thiophene rings is 1. The molecule has 29 heavy (non-hydrogen) atoms. The zero-order chi connectivity index (χ0) is 20.4. The van der Waals surface area contributed by atoms with Crippen molar-refractivity contribution in [3.63, 3.8) is 0 Å². The number of urea groups is 1. The molecule has 154 valence electrons. The van der Waals surface area contributed by atoms with Crippen molar-refractivity contribution < 1.29 is 14.3 Å². The molecule has 0 atom stereocenters. The number of anilines is 4. The number of aryl methyl sites for hydroxylation is 1. The van der Waals surface area contributed by atoms with Gasteiger partial charge in [0.15, 0.2) is 0 Å². The van der Waals surface area contributed by atoms with Crippen molar-refractivity contribution in [1.29, 1.82) is 0 Å². The van der Waals surface area contributed by atoms with E-state index in [0.29, 0.717) is 22.9 Å². The van der Waals surface area contributed by atoms with Crippen LogP contribution in [0.3, 0.4) is 0 Å². The number of carbonyl (C=O) groups excluding carboxylic acids is 2. The molecule has 0 unspecified atom stereocenters. The molecule has 4 N–H and O–H groups in total. The maximum absolute atomic E-state index is 12.6. The summed E-state index contributed by atoms with van der Waals surface area (Å²) in [6, 6.07) is 5.21. The SMILES string of the molecule is CCOC(=O)c1c(NC(=O)Nc2ccc3c(c2)NNN3C)sc2c1CCCCC2. The van der Waals surface area contributed by atoms with Gasteiger partial charge in [-0.15, -0.1) is 16.9 Å². The summed E-state index contributed by atoms with van der Waals surface area (Å²) in [7, 11) is 1.90. The fourth-order valence-electron chi connectivity index (χ4n) is 3.73. The number of benzene rings is 1. The van der Waals surface area contributed by atoms with Gasteiger partial charge in [0.25, 0.3) is 0 Å². The molecule has 2 aliphatic rings. The van der Waals surface area contributed by atoms with Gasteiger partial charge in [-0.2, -0.15) is 0 Å². The van der Waals surface area contributed by atoms with E-state index in [0.717, 1.165) is 49.0 Å². The maximum Gasteiger partial charge on any atom is 0.341 e. The van der Waals surface area contributed by atoms with Crippen molar-refractivity contribution in [2.24, 2.45) is 0 Å². The van der Waals surface area contributed by atoms with E-state index in [1.807, 2.05) is 30.3 Å². The molecule has 0 saturated carbocycles. The maximum atomic E-state index is 12.6. The van der Waals surface area contributed by atoms with Crippen LogP contribution in [0.5, 0.6) is 0 Å². The van der Waals surface area contributed by atoms with Crippen LogP contribution in [0.25, 0.3) is 0 Å². The minimum Gasteiger partial charge on any atom is -0.462 e. The van der Waals surface area contributed by atoms with Crippen LogP contribution in [-0.2, 0) is 17.6 Å². The standard InChI is InChI=1S/C20H25N5O3S/c1-3-28-19(26)17-13-7-5-4-6-8-16(13)29-18(17)22-20(27)21-12-9-10-15-14(11-12)23-24-25(15)2/h9-11,23-24H,3-8H2,1-2H3,(H2,21,22,27). The van der Waals surface area contributed by atoms with Gasteiger partial charge in [-0.1, -0.05) is 6.42 Å². The number of nitrogens with zero attached hydrogens (tertiary/aromatic N) is 1. The van der Waals surface area contributed by atoms with Crippen molar-refractivity contribution in [2.45, 2.75) is 39.0 Å². The Hall–Kier alpha value is -2.78. The fourth-order valence-corrected chi connectivity index (χ4v) is 5.00. The third kappa shape index (κ3) is 4.01. The first-order valence-electron chi connectivity index (χ1n) is 9.86. The molecule has 1 aliphatic carbocycles. The summed E-state index contributed by atoms with van der Waals surface area (Å²) >= 11 is 1.49. The van der Waals surface area contributed by atoms with Crippen LogP contribution >= 0.6 is 11.3 Å². The number of hydrogen-bond acceptors (Lipinski definition) is 7. The lowest BCUT2D eigenvalue weighted by Crippen LogP contribution is -2.31. The summed E-state index contributed by atoms with van der Waals surface area (Å²) in [5.74, 6) is -0.363. The molecule has 0 spiro atoms. The molecule has 0 radical (unpaired) electrons. The largest absolute Gasteiger partial charge is 0.462 e. The summed E-state index contributed by atoms with van der Waals surface area (Å²) in [4.78, 5) is 26.4. The third-order valence-electron chi connectivity index (χ3n) is 5.10. The molecule has 0 bridgehead atoms. The molecule has 1 aromatic carbocycles. The van der Waals surface area contributed by atoms with Crippen LogP contribution in [-0.4, -0.2) is 25.7 Å². The molecule has 2 amide bonds. The van der Waals surface area contributed by atoms with Crippen LogP contribution in [0.2, 0.25) is 0 Å². The Kier molecular flexibility index (Phi) is 5.59. The Morgan fingerprint density at radius 1 is 1.21 bits per heavy atom. The number of hydrogen-bond donors (Lipinski definition) is 4. The second-order valence-corrected chi connectivity index (χ2v) is 8.20. The highest BCUT2D eigenvalue weighted by Gasteiger charge is 2.26. The van der Waals surface area contributed by atoms with Gasteiger partial charge in [0.05, 0.1) is 23.5 Å². The van der Waals surface area contributed by atoms with Crippen LogP contribution in [0.15, 0.2) is 18.2 Å². The van der Waals surface area contributed by atoms with Gasteiger partial charge in [0.2, 0.25) is 0 Å². The van der Waals surface area contributed by atoms with Crippen molar-refractivity contribution in [1.82, 2.24) is 5.53 Å². The van der Waals surface area contributed by atoms with Crippen LogP contribution in [0, 0.1) is 0 Å². The van der Waals surface area contributed by atoms with Gasteiger partial charge < -0.3 is 15.5 Å². The summed E-state index contributed by atoms with van der Waals surface area (Å²) in [5, 5.41) is 8.13. The van der Waals surface area contributed by atoms with E-state index >= 15 is 0 Å². The van der Waals surface area contributed by atoms with Gasteiger partial charge in [0.1, 0.15) is 5.00 Å². The van der Waals surface area contributed by atoms with Crippen LogP contribution in [0.4, 0.5) is 26.9 Å². The lowest BCUT2D eigenvalue weighted by Gasteiger charge is -2.11. The van der Waals surface area contributed by atoms with Gasteiger partial charge in [-0.3, -0.25) is 10.3 Å². The van der Waals surface area contributed by atoms with Gasteiger partial charge in [-0.25, -0.2) is 9.59 Å². The minimum absolute atomic E-state index is 0.305. The molecule has 9 heteroatoms. The zero-order valence-electron chi connectivity index (χ0n) is 16.6. The molecule has 1 aliphatic heterocycles. The summed E-state index contributed by atoms with van der Waals surface area (Å²) in [6.45, 7) is 2.09.